The molecule has 0 aliphatic carbocycles. The molecule has 1 fully saturated rings. The monoisotopic (exact) mass is 431 g/mol. The zero-order valence-electron chi connectivity index (χ0n) is 14.5. The van der Waals surface area contributed by atoms with Gasteiger partial charge in [-0.1, -0.05) is 37.3 Å². The molecule has 1 aromatic rings. The molecule has 5 heteroatoms. The molecule has 0 saturated carbocycles. The number of ether oxygens (including phenoxy) is 1. The lowest BCUT2D eigenvalue weighted by Crippen LogP contribution is -2.46. The van der Waals surface area contributed by atoms with Crippen LogP contribution in [0.3, 0.4) is 0 Å². The maximum absolute atomic E-state index is 5.62. The highest BCUT2D eigenvalue weighted by Gasteiger charge is 2.19. The van der Waals surface area contributed by atoms with Gasteiger partial charge in [-0.15, -0.1) is 24.0 Å². The topological polar surface area (TPSA) is 36.9 Å². The normalized spacial score (nSPS) is 19.9. The fraction of sp³-hybridized carbons (Fsp3) is 0.611. The molecule has 0 aromatic heterocycles. The van der Waals surface area contributed by atoms with Crippen LogP contribution >= 0.6 is 24.0 Å². The lowest BCUT2D eigenvalue weighted by Gasteiger charge is -2.33. The number of nitrogens with one attached hydrogen (secondary N) is 1. The third kappa shape index (κ3) is 6.30. The second kappa shape index (κ2) is 10.9. The van der Waals surface area contributed by atoms with Crippen molar-refractivity contribution >= 4 is 29.9 Å². The third-order valence-corrected chi connectivity index (χ3v) is 4.15. The van der Waals surface area contributed by atoms with Crippen LogP contribution in [0.5, 0.6) is 0 Å². The van der Waals surface area contributed by atoms with Gasteiger partial charge >= 0.3 is 0 Å². The van der Waals surface area contributed by atoms with Gasteiger partial charge in [0.1, 0.15) is 6.10 Å². The first-order valence-electron chi connectivity index (χ1n) is 8.35. The maximum atomic E-state index is 5.62. The van der Waals surface area contributed by atoms with Gasteiger partial charge in [0.2, 0.25) is 0 Å². The Morgan fingerprint density at radius 2 is 2.13 bits per heavy atom. The minimum absolute atomic E-state index is 0. The summed E-state index contributed by atoms with van der Waals surface area (Å²) >= 11 is 0. The summed E-state index contributed by atoms with van der Waals surface area (Å²) < 4.78 is 5.62. The summed E-state index contributed by atoms with van der Waals surface area (Å²) in [5.41, 5.74) is 1.18. The zero-order valence-corrected chi connectivity index (χ0v) is 16.8. The molecule has 0 radical (unpaired) electrons. The summed E-state index contributed by atoms with van der Waals surface area (Å²) in [6.45, 7) is 8.17. The summed E-state index contributed by atoms with van der Waals surface area (Å²) in [5.74, 6) is 1.76. The van der Waals surface area contributed by atoms with E-state index >= 15 is 0 Å². The number of methoxy groups -OCH3 is 1. The van der Waals surface area contributed by atoms with E-state index in [4.69, 9.17) is 9.73 Å². The van der Waals surface area contributed by atoms with Crippen LogP contribution in [0.15, 0.2) is 35.3 Å². The van der Waals surface area contributed by atoms with Crippen molar-refractivity contribution in [3.63, 3.8) is 0 Å². The number of guanidine groups is 1. The average Bonchev–Trinajstić information content (AvgIpc) is 2.55. The van der Waals surface area contributed by atoms with Crippen molar-refractivity contribution in [1.29, 1.82) is 0 Å². The number of hydrogen-bond donors (Lipinski definition) is 1. The van der Waals surface area contributed by atoms with Gasteiger partial charge in [-0.25, -0.2) is 0 Å². The Morgan fingerprint density at radius 3 is 2.74 bits per heavy atom. The highest BCUT2D eigenvalue weighted by atomic mass is 127. The van der Waals surface area contributed by atoms with E-state index in [9.17, 15) is 0 Å². The Hall–Kier alpha value is -0.820. The van der Waals surface area contributed by atoms with Gasteiger partial charge in [0, 0.05) is 26.7 Å². The fourth-order valence-electron chi connectivity index (χ4n) is 2.96. The highest BCUT2D eigenvalue weighted by molar-refractivity contribution is 14.0. The molecule has 2 unspecified atom stereocenters. The number of rotatable bonds is 5. The molecule has 0 bridgehead atoms. The number of nitrogens with zero attached hydrogens (tertiary/aromatic N) is 2. The lowest BCUT2D eigenvalue weighted by molar-refractivity contribution is 0.110. The second-order valence-corrected chi connectivity index (χ2v) is 6.02. The van der Waals surface area contributed by atoms with E-state index in [1.165, 1.54) is 18.4 Å². The maximum Gasteiger partial charge on any atom is 0.194 e. The van der Waals surface area contributed by atoms with E-state index in [-0.39, 0.29) is 30.1 Å². The van der Waals surface area contributed by atoms with E-state index in [1.54, 1.807) is 7.11 Å². The van der Waals surface area contributed by atoms with Crippen LogP contribution in [-0.2, 0) is 4.74 Å². The van der Waals surface area contributed by atoms with Crippen molar-refractivity contribution in [2.75, 3.05) is 33.3 Å². The molecule has 2 atom stereocenters. The Bertz CT molecular complexity index is 467. The molecular formula is C18H30IN3O. The molecular weight excluding hydrogens is 401 g/mol. The first kappa shape index (κ1) is 20.2. The van der Waals surface area contributed by atoms with Crippen LogP contribution in [-0.4, -0.2) is 44.1 Å². The van der Waals surface area contributed by atoms with E-state index in [0.29, 0.717) is 6.54 Å². The Balaban J connectivity index is 0.00000264. The smallest absolute Gasteiger partial charge is 0.194 e. The molecule has 1 heterocycles. The SMILES string of the molecule is CCNC(=NCC(OC)c1ccccc1)N1CCCC(C)C1.I. The van der Waals surface area contributed by atoms with Gasteiger partial charge in [-0.05, 0) is 31.2 Å². The first-order chi connectivity index (χ1) is 10.7. The number of piperidine rings is 1. The summed E-state index contributed by atoms with van der Waals surface area (Å²) in [5, 5.41) is 3.42. The van der Waals surface area contributed by atoms with Crippen molar-refractivity contribution in [2.24, 2.45) is 10.9 Å². The molecule has 1 N–H and O–H groups in total. The van der Waals surface area contributed by atoms with Crippen molar-refractivity contribution in [1.82, 2.24) is 10.2 Å². The number of likely N-dealkylation sites (tertiary alicyclic amines) is 1. The summed E-state index contributed by atoms with van der Waals surface area (Å²) in [7, 11) is 1.75. The van der Waals surface area contributed by atoms with Crippen molar-refractivity contribution in [3.8, 4) is 0 Å². The van der Waals surface area contributed by atoms with Crippen LogP contribution in [0.25, 0.3) is 0 Å². The Labute approximate surface area is 157 Å². The van der Waals surface area contributed by atoms with Crippen LogP contribution in [0.4, 0.5) is 0 Å². The van der Waals surface area contributed by atoms with Crippen LogP contribution in [0, 0.1) is 5.92 Å². The predicted octanol–water partition coefficient (Wildman–Crippen LogP) is 3.69. The van der Waals surface area contributed by atoms with Crippen LogP contribution in [0.1, 0.15) is 38.4 Å². The average molecular weight is 431 g/mol. The van der Waals surface area contributed by atoms with Crippen LogP contribution < -0.4 is 5.32 Å². The summed E-state index contributed by atoms with van der Waals surface area (Å²) in [4.78, 5) is 7.21. The predicted molar refractivity (Wildman–Crippen MR) is 108 cm³/mol. The number of hydrogen-bond acceptors (Lipinski definition) is 2. The number of halogens is 1. The van der Waals surface area contributed by atoms with Gasteiger partial charge < -0.3 is 15.0 Å². The van der Waals surface area contributed by atoms with Gasteiger partial charge in [0.05, 0.1) is 6.54 Å². The molecule has 4 nitrogen and oxygen atoms in total. The van der Waals surface area contributed by atoms with Crippen molar-refractivity contribution in [2.45, 2.75) is 32.8 Å². The molecule has 1 aliphatic heterocycles. The standard InChI is InChI=1S/C18H29N3O.HI/c1-4-19-18(21-12-8-9-15(2)14-21)20-13-17(22-3)16-10-6-5-7-11-16;/h5-7,10-11,15,17H,4,8-9,12-14H2,1-3H3,(H,19,20);1H. The minimum Gasteiger partial charge on any atom is -0.375 e. The van der Waals surface area contributed by atoms with Gasteiger partial charge in [0.15, 0.2) is 5.96 Å². The molecule has 0 spiro atoms. The quantitative estimate of drug-likeness (QED) is 0.439. The Morgan fingerprint density at radius 1 is 1.39 bits per heavy atom. The van der Waals surface area contributed by atoms with Crippen molar-refractivity contribution < 1.29 is 4.74 Å². The lowest BCUT2D eigenvalue weighted by atomic mass is 10.0. The third-order valence-electron chi connectivity index (χ3n) is 4.15. The van der Waals surface area contributed by atoms with Crippen molar-refractivity contribution in [3.05, 3.63) is 35.9 Å². The highest BCUT2D eigenvalue weighted by Crippen LogP contribution is 2.18. The fourth-order valence-corrected chi connectivity index (χ4v) is 2.96. The Kier molecular flexibility index (Phi) is 9.55. The summed E-state index contributed by atoms with van der Waals surface area (Å²) in [6.07, 6.45) is 2.58. The molecule has 130 valence electrons. The van der Waals surface area contributed by atoms with E-state index < -0.39 is 0 Å². The first-order valence-corrected chi connectivity index (χ1v) is 8.35. The molecule has 1 aliphatic rings. The largest absolute Gasteiger partial charge is 0.375 e. The minimum atomic E-state index is 0. The second-order valence-electron chi connectivity index (χ2n) is 6.02. The van der Waals surface area contributed by atoms with Gasteiger partial charge in [-0.2, -0.15) is 0 Å². The van der Waals surface area contributed by atoms with E-state index in [2.05, 4.69) is 36.2 Å². The van der Waals surface area contributed by atoms with E-state index in [0.717, 1.165) is 31.5 Å². The van der Waals surface area contributed by atoms with Gasteiger partial charge in [0.25, 0.3) is 0 Å². The zero-order chi connectivity index (χ0) is 15.8. The molecule has 1 saturated heterocycles. The molecule has 2 rings (SSSR count). The summed E-state index contributed by atoms with van der Waals surface area (Å²) in [6, 6.07) is 10.3. The van der Waals surface area contributed by atoms with Gasteiger partial charge in [-0.3, -0.25) is 4.99 Å². The number of aliphatic imine (C=N–C) groups is 1. The molecule has 1 aromatic carbocycles. The molecule has 23 heavy (non-hydrogen) atoms. The van der Waals surface area contributed by atoms with E-state index in [1.807, 2.05) is 18.2 Å². The van der Waals surface area contributed by atoms with Crippen LogP contribution in [0.2, 0.25) is 0 Å². The molecule has 0 amide bonds. The number of benzene rings is 1.